The number of rotatable bonds is 4. The molecule has 1 fully saturated rings. The lowest BCUT2D eigenvalue weighted by Gasteiger charge is -2.15. The van der Waals surface area contributed by atoms with Gasteiger partial charge in [-0.3, -0.25) is 19.5 Å². The highest BCUT2D eigenvalue weighted by atomic mass is 32.1. The van der Waals surface area contributed by atoms with E-state index in [1.54, 1.807) is 25.3 Å². The molecule has 2 amide bonds. The first-order valence-electron chi connectivity index (χ1n) is 7.41. The normalized spacial score (nSPS) is 14.5. The molecule has 1 aliphatic rings. The van der Waals surface area contributed by atoms with Gasteiger partial charge in [0.1, 0.15) is 5.75 Å². The summed E-state index contributed by atoms with van der Waals surface area (Å²) in [6.45, 7) is 0. The van der Waals surface area contributed by atoms with Crippen molar-refractivity contribution in [1.82, 2.24) is 14.9 Å². The smallest absolute Gasteiger partial charge is 0.300 e. The van der Waals surface area contributed by atoms with Crippen LogP contribution in [-0.4, -0.2) is 33.8 Å². The van der Waals surface area contributed by atoms with Gasteiger partial charge in [-0.15, -0.1) is 0 Å². The fourth-order valence-corrected chi connectivity index (χ4v) is 2.58. The van der Waals surface area contributed by atoms with Crippen molar-refractivity contribution in [3.63, 3.8) is 0 Å². The molecule has 1 aromatic carbocycles. The molecular formula is C16H14N4O4S. The van der Waals surface area contributed by atoms with Gasteiger partial charge in [0, 0.05) is 12.8 Å². The summed E-state index contributed by atoms with van der Waals surface area (Å²) < 4.78 is 5.82. The fourth-order valence-electron chi connectivity index (χ4n) is 2.37. The molecule has 0 saturated carbocycles. The van der Waals surface area contributed by atoms with E-state index in [0.29, 0.717) is 5.75 Å². The molecule has 0 aliphatic carbocycles. The molecular weight excluding hydrogens is 344 g/mol. The Kier molecular flexibility index (Phi) is 4.57. The highest BCUT2D eigenvalue weighted by molar-refractivity contribution is 7.71. The maximum absolute atomic E-state index is 12.6. The molecule has 128 valence electrons. The van der Waals surface area contributed by atoms with Crippen LogP contribution >= 0.6 is 12.2 Å². The lowest BCUT2D eigenvalue weighted by atomic mass is 10.2. The van der Waals surface area contributed by atoms with E-state index in [-0.39, 0.29) is 23.3 Å². The van der Waals surface area contributed by atoms with Gasteiger partial charge >= 0.3 is 0 Å². The summed E-state index contributed by atoms with van der Waals surface area (Å²) in [6, 6.07) is 7.19. The average molecular weight is 358 g/mol. The topological polar surface area (TPSA) is 97.3 Å². The lowest BCUT2D eigenvalue weighted by molar-refractivity contribution is -0.123. The molecule has 0 bridgehead atoms. The molecule has 1 aromatic heterocycles. The Balaban J connectivity index is 1.98. The summed E-state index contributed by atoms with van der Waals surface area (Å²) in [5, 5.41) is 7.15. The summed E-state index contributed by atoms with van der Waals surface area (Å²) in [5.74, 6) is -0.224. The van der Waals surface area contributed by atoms with Crippen LogP contribution in [0.3, 0.4) is 0 Å². The second kappa shape index (κ2) is 6.81. The van der Waals surface area contributed by atoms with E-state index in [4.69, 9.17) is 17.0 Å². The molecule has 2 heterocycles. The van der Waals surface area contributed by atoms with Gasteiger partial charge in [-0.1, -0.05) is 18.2 Å². The van der Waals surface area contributed by atoms with Crippen LogP contribution < -0.4 is 15.3 Å². The summed E-state index contributed by atoms with van der Waals surface area (Å²) in [4.78, 5) is 36.3. The number of hydrogen-bond acceptors (Lipinski definition) is 6. The van der Waals surface area contributed by atoms with Gasteiger partial charge in [0.05, 0.1) is 7.11 Å². The van der Waals surface area contributed by atoms with Crippen molar-refractivity contribution in [2.75, 3.05) is 12.1 Å². The van der Waals surface area contributed by atoms with Gasteiger partial charge in [-0.05, 0) is 36.0 Å². The second-order valence-corrected chi connectivity index (χ2v) is 5.62. The third-order valence-electron chi connectivity index (χ3n) is 3.65. The maximum Gasteiger partial charge on any atom is 0.300 e. The van der Waals surface area contributed by atoms with E-state index in [2.05, 4.69) is 10.2 Å². The van der Waals surface area contributed by atoms with Gasteiger partial charge in [0.25, 0.3) is 5.56 Å². The molecule has 0 radical (unpaired) electrons. The van der Waals surface area contributed by atoms with E-state index in [1.807, 2.05) is 12.1 Å². The van der Waals surface area contributed by atoms with E-state index in [1.165, 1.54) is 6.08 Å². The number of benzene rings is 1. The molecule has 0 spiro atoms. The molecule has 1 saturated heterocycles. The van der Waals surface area contributed by atoms with Crippen LogP contribution in [-0.2, 0) is 9.59 Å². The number of H-pyrrole nitrogens is 1. The highest BCUT2D eigenvalue weighted by Gasteiger charge is 2.32. The van der Waals surface area contributed by atoms with Crippen molar-refractivity contribution in [3.8, 4) is 5.75 Å². The van der Waals surface area contributed by atoms with Crippen molar-refractivity contribution in [2.24, 2.45) is 0 Å². The molecule has 0 atom stereocenters. The van der Waals surface area contributed by atoms with Crippen molar-refractivity contribution >= 4 is 36.2 Å². The molecule has 1 N–H and O–H groups in total. The largest absolute Gasteiger partial charge is 0.497 e. The van der Waals surface area contributed by atoms with Crippen LogP contribution in [0.4, 0.5) is 0 Å². The van der Waals surface area contributed by atoms with Crippen LogP contribution in [0.1, 0.15) is 24.1 Å². The Morgan fingerprint density at radius 1 is 1.12 bits per heavy atom. The zero-order valence-corrected chi connectivity index (χ0v) is 14.1. The second-order valence-electron chi connectivity index (χ2n) is 5.24. The minimum atomic E-state index is -0.642. The molecule has 25 heavy (non-hydrogen) atoms. The van der Waals surface area contributed by atoms with Crippen molar-refractivity contribution in [2.45, 2.75) is 12.8 Å². The summed E-state index contributed by atoms with van der Waals surface area (Å²) in [7, 11) is 1.57. The first kappa shape index (κ1) is 16.8. The van der Waals surface area contributed by atoms with Crippen LogP contribution in [0.5, 0.6) is 5.75 Å². The highest BCUT2D eigenvalue weighted by Crippen LogP contribution is 2.13. The molecule has 0 unspecified atom stereocenters. The number of nitrogens with one attached hydrogen (secondary N) is 1. The lowest BCUT2D eigenvalue weighted by Crippen LogP contribution is -2.47. The maximum atomic E-state index is 12.6. The Hall–Kier alpha value is -3.07. The van der Waals surface area contributed by atoms with E-state index < -0.39 is 17.4 Å². The summed E-state index contributed by atoms with van der Waals surface area (Å²) in [5.41, 5.74) is 0.207. The Labute approximate surface area is 147 Å². The number of aromatic nitrogens is 3. The molecule has 1 aliphatic heterocycles. The first-order valence-corrected chi connectivity index (χ1v) is 7.82. The van der Waals surface area contributed by atoms with Crippen LogP contribution in [0.2, 0.25) is 0 Å². The number of methoxy groups -OCH3 is 1. The van der Waals surface area contributed by atoms with Gasteiger partial charge in [-0.25, -0.2) is 0 Å². The van der Waals surface area contributed by atoms with Crippen LogP contribution in [0.25, 0.3) is 12.2 Å². The zero-order chi connectivity index (χ0) is 18.0. The molecule has 8 nitrogen and oxygen atoms in total. The number of nitrogens with zero attached hydrogens (tertiary/aromatic N) is 3. The number of carbonyl (C=O) groups is 2. The predicted molar refractivity (Wildman–Crippen MR) is 93.1 cm³/mol. The summed E-state index contributed by atoms with van der Waals surface area (Å²) >= 11 is 5.01. The Bertz CT molecular complexity index is 959. The number of amides is 2. The number of imide groups is 1. The number of ether oxygens (including phenoxy) is 1. The first-order chi connectivity index (χ1) is 12.0. The predicted octanol–water partition coefficient (Wildman–Crippen LogP) is 1.26. The minimum Gasteiger partial charge on any atom is -0.497 e. The standard InChI is InChI=1S/C16H14N4O4S/c1-24-11-5-2-10(3-6-11)4-7-12-15(23)20(16(25)18-17-12)19-13(21)8-9-14(19)22/h2-7H,8-9H2,1H3,(H,18,25)/b7-4+. The van der Waals surface area contributed by atoms with Crippen LogP contribution in [0, 0.1) is 4.77 Å². The molecule has 3 rings (SSSR count). The van der Waals surface area contributed by atoms with E-state index >= 15 is 0 Å². The van der Waals surface area contributed by atoms with Gasteiger partial charge < -0.3 is 4.74 Å². The average Bonchev–Trinajstić information content (AvgIpc) is 2.94. The van der Waals surface area contributed by atoms with E-state index in [9.17, 15) is 14.4 Å². The SMILES string of the molecule is COc1ccc(/C=C/c2n[nH]c(=S)n(N3C(=O)CCC3=O)c2=O)cc1. The monoisotopic (exact) mass is 358 g/mol. The third kappa shape index (κ3) is 3.26. The van der Waals surface area contributed by atoms with Crippen molar-refractivity contribution in [3.05, 3.63) is 50.6 Å². The van der Waals surface area contributed by atoms with E-state index in [0.717, 1.165) is 15.2 Å². The Morgan fingerprint density at radius 3 is 2.36 bits per heavy atom. The van der Waals surface area contributed by atoms with Crippen molar-refractivity contribution in [1.29, 1.82) is 0 Å². The van der Waals surface area contributed by atoms with Crippen molar-refractivity contribution < 1.29 is 14.3 Å². The summed E-state index contributed by atoms with van der Waals surface area (Å²) in [6.07, 6.45) is 3.27. The number of aromatic amines is 1. The third-order valence-corrected chi connectivity index (χ3v) is 3.91. The molecule has 2 aromatic rings. The van der Waals surface area contributed by atoms with Crippen LogP contribution in [0.15, 0.2) is 29.1 Å². The van der Waals surface area contributed by atoms with Gasteiger partial charge in [0.2, 0.25) is 16.6 Å². The van der Waals surface area contributed by atoms with Gasteiger partial charge in [0.15, 0.2) is 5.69 Å². The fraction of sp³-hybridized carbons (Fsp3) is 0.188. The van der Waals surface area contributed by atoms with Gasteiger partial charge in [-0.2, -0.15) is 14.8 Å². The zero-order valence-electron chi connectivity index (χ0n) is 13.3. The molecule has 9 heteroatoms. The number of hydrogen-bond donors (Lipinski definition) is 1. The Morgan fingerprint density at radius 2 is 1.76 bits per heavy atom. The number of carbonyl (C=O) groups excluding carboxylic acids is 2. The quantitative estimate of drug-likeness (QED) is 0.653. The minimum absolute atomic E-state index is 0.0249.